The molecular formula is C10H15NO3. The van der Waals surface area contributed by atoms with Crippen LogP contribution in [0.1, 0.15) is 27.7 Å². The maximum atomic E-state index is 11.5. The first-order valence-electron chi connectivity index (χ1n) is 4.55. The number of imide groups is 1. The van der Waals surface area contributed by atoms with Gasteiger partial charge in [-0.25, -0.2) is 9.69 Å². The van der Waals surface area contributed by atoms with Crippen molar-refractivity contribution >= 4 is 12.0 Å². The Kier molecular flexibility index (Phi) is 2.64. The zero-order valence-corrected chi connectivity index (χ0v) is 8.90. The van der Waals surface area contributed by atoms with Gasteiger partial charge in [0.2, 0.25) is 0 Å². The molecule has 0 N–H and O–H groups in total. The average Bonchev–Trinajstić information content (AvgIpc) is 2.27. The fraction of sp³-hybridized carbons (Fsp3) is 0.600. The third kappa shape index (κ3) is 2.34. The largest absolute Gasteiger partial charge is 0.443 e. The fourth-order valence-electron chi connectivity index (χ4n) is 1.16. The minimum Gasteiger partial charge on any atom is -0.443 e. The standard InChI is InChI=1S/C10H15NO3/c1-7-5-6-8(12)11(7)9(13)14-10(2,3)4/h5-7H,1-4H3/t7-/m1/s1. The number of carbonyl (C=O) groups excluding carboxylic acids is 2. The van der Waals surface area contributed by atoms with Crippen LogP contribution in [0.3, 0.4) is 0 Å². The molecule has 0 aromatic heterocycles. The molecule has 1 aliphatic heterocycles. The highest BCUT2D eigenvalue weighted by Gasteiger charge is 2.32. The summed E-state index contributed by atoms with van der Waals surface area (Å²) < 4.78 is 5.09. The Balaban J connectivity index is 2.67. The molecule has 0 aromatic rings. The maximum absolute atomic E-state index is 11.5. The molecule has 0 fully saturated rings. The number of rotatable bonds is 0. The van der Waals surface area contributed by atoms with Crippen molar-refractivity contribution in [1.82, 2.24) is 4.90 Å². The molecule has 4 heteroatoms. The van der Waals surface area contributed by atoms with E-state index in [1.165, 1.54) is 6.08 Å². The van der Waals surface area contributed by atoms with Crippen molar-refractivity contribution in [2.24, 2.45) is 0 Å². The van der Waals surface area contributed by atoms with Crippen LogP contribution in [0.15, 0.2) is 12.2 Å². The van der Waals surface area contributed by atoms with E-state index < -0.39 is 11.7 Å². The molecule has 0 bridgehead atoms. The van der Waals surface area contributed by atoms with Gasteiger partial charge in [-0.15, -0.1) is 0 Å². The molecule has 0 saturated carbocycles. The summed E-state index contributed by atoms with van der Waals surface area (Å²) in [7, 11) is 0. The minimum absolute atomic E-state index is 0.211. The van der Waals surface area contributed by atoms with Gasteiger partial charge in [0.15, 0.2) is 0 Å². The lowest BCUT2D eigenvalue weighted by Gasteiger charge is -2.25. The molecule has 1 atom stereocenters. The molecule has 1 rings (SSSR count). The zero-order chi connectivity index (χ0) is 10.9. The number of carbonyl (C=O) groups is 2. The topological polar surface area (TPSA) is 46.6 Å². The summed E-state index contributed by atoms with van der Waals surface area (Å²) >= 11 is 0. The normalized spacial score (nSPS) is 21.6. The highest BCUT2D eigenvalue weighted by Crippen LogP contribution is 2.16. The second kappa shape index (κ2) is 3.44. The van der Waals surface area contributed by atoms with Gasteiger partial charge in [-0.1, -0.05) is 6.08 Å². The van der Waals surface area contributed by atoms with Crippen LogP contribution in [0.2, 0.25) is 0 Å². The first-order valence-corrected chi connectivity index (χ1v) is 4.55. The third-order valence-corrected chi connectivity index (χ3v) is 1.75. The average molecular weight is 197 g/mol. The number of hydrogen-bond acceptors (Lipinski definition) is 3. The molecule has 14 heavy (non-hydrogen) atoms. The van der Waals surface area contributed by atoms with Gasteiger partial charge in [-0.3, -0.25) is 4.79 Å². The molecule has 0 spiro atoms. The van der Waals surface area contributed by atoms with Crippen LogP contribution in [0.25, 0.3) is 0 Å². The molecule has 78 valence electrons. The van der Waals surface area contributed by atoms with E-state index in [4.69, 9.17) is 4.74 Å². The summed E-state index contributed by atoms with van der Waals surface area (Å²) in [6.45, 7) is 7.07. The summed E-state index contributed by atoms with van der Waals surface area (Å²) in [4.78, 5) is 23.9. The highest BCUT2D eigenvalue weighted by molar-refractivity contribution is 6.01. The summed E-state index contributed by atoms with van der Waals surface area (Å²) in [5.74, 6) is -0.313. The first kappa shape index (κ1) is 10.8. The van der Waals surface area contributed by atoms with Gasteiger partial charge in [0.05, 0.1) is 6.04 Å². The van der Waals surface area contributed by atoms with Crippen molar-refractivity contribution in [2.45, 2.75) is 39.3 Å². The molecule has 4 nitrogen and oxygen atoms in total. The fourth-order valence-corrected chi connectivity index (χ4v) is 1.16. The monoisotopic (exact) mass is 197 g/mol. The Morgan fingerprint density at radius 1 is 1.50 bits per heavy atom. The molecule has 1 aliphatic rings. The molecule has 2 amide bonds. The quantitative estimate of drug-likeness (QED) is 0.594. The van der Waals surface area contributed by atoms with E-state index in [0.29, 0.717) is 0 Å². The van der Waals surface area contributed by atoms with Crippen LogP contribution in [0, 0.1) is 0 Å². The second-order valence-corrected chi connectivity index (χ2v) is 4.29. The SMILES string of the molecule is C[C@@H]1C=CC(=O)N1C(=O)OC(C)(C)C. The van der Waals surface area contributed by atoms with Crippen molar-refractivity contribution in [3.05, 3.63) is 12.2 Å². The Hall–Kier alpha value is -1.32. The van der Waals surface area contributed by atoms with Gasteiger partial charge in [0.1, 0.15) is 5.60 Å². The lowest BCUT2D eigenvalue weighted by Crippen LogP contribution is -2.41. The molecule has 0 unspecified atom stereocenters. The van der Waals surface area contributed by atoms with Crippen molar-refractivity contribution in [1.29, 1.82) is 0 Å². The Labute approximate surface area is 83.5 Å². The van der Waals surface area contributed by atoms with E-state index in [-0.39, 0.29) is 11.9 Å². The van der Waals surface area contributed by atoms with Gasteiger partial charge in [-0.05, 0) is 27.7 Å². The smallest absolute Gasteiger partial charge is 0.417 e. The Morgan fingerprint density at radius 3 is 2.43 bits per heavy atom. The lowest BCUT2D eigenvalue weighted by molar-refractivity contribution is -0.125. The van der Waals surface area contributed by atoms with Gasteiger partial charge in [0.25, 0.3) is 5.91 Å². The van der Waals surface area contributed by atoms with Gasteiger partial charge in [0, 0.05) is 6.08 Å². The molecule has 1 heterocycles. The summed E-state index contributed by atoms with van der Waals surface area (Å²) in [5.41, 5.74) is -0.570. The predicted octanol–water partition coefficient (Wildman–Crippen LogP) is 1.71. The van der Waals surface area contributed by atoms with Crippen LogP contribution in [-0.2, 0) is 9.53 Å². The predicted molar refractivity (Wildman–Crippen MR) is 51.7 cm³/mol. The summed E-state index contributed by atoms with van der Waals surface area (Å²) in [6, 6.07) is -0.211. The third-order valence-electron chi connectivity index (χ3n) is 1.75. The molecule has 0 saturated heterocycles. The van der Waals surface area contributed by atoms with E-state index in [9.17, 15) is 9.59 Å². The van der Waals surface area contributed by atoms with Crippen LogP contribution in [0.5, 0.6) is 0 Å². The van der Waals surface area contributed by atoms with Crippen molar-refractivity contribution in [3.63, 3.8) is 0 Å². The zero-order valence-electron chi connectivity index (χ0n) is 8.90. The van der Waals surface area contributed by atoms with E-state index in [0.717, 1.165) is 4.90 Å². The number of hydrogen-bond donors (Lipinski definition) is 0. The number of nitrogens with zero attached hydrogens (tertiary/aromatic N) is 1. The lowest BCUT2D eigenvalue weighted by atomic mass is 10.2. The highest BCUT2D eigenvalue weighted by atomic mass is 16.6. The number of ether oxygens (including phenoxy) is 1. The van der Waals surface area contributed by atoms with E-state index in [2.05, 4.69) is 0 Å². The van der Waals surface area contributed by atoms with Crippen molar-refractivity contribution in [2.75, 3.05) is 0 Å². The van der Waals surface area contributed by atoms with Gasteiger partial charge < -0.3 is 4.74 Å². The minimum atomic E-state index is -0.583. The van der Waals surface area contributed by atoms with Crippen molar-refractivity contribution < 1.29 is 14.3 Å². The van der Waals surface area contributed by atoms with Crippen LogP contribution >= 0.6 is 0 Å². The van der Waals surface area contributed by atoms with Crippen molar-refractivity contribution in [3.8, 4) is 0 Å². The van der Waals surface area contributed by atoms with Gasteiger partial charge in [-0.2, -0.15) is 0 Å². The number of amides is 2. The first-order chi connectivity index (χ1) is 6.31. The summed E-state index contributed by atoms with van der Waals surface area (Å²) in [6.07, 6.45) is 2.47. The van der Waals surface area contributed by atoms with Crippen LogP contribution in [-0.4, -0.2) is 28.5 Å². The summed E-state index contributed by atoms with van der Waals surface area (Å²) in [5, 5.41) is 0. The second-order valence-electron chi connectivity index (χ2n) is 4.29. The molecular weight excluding hydrogens is 182 g/mol. The molecule has 0 aliphatic carbocycles. The van der Waals surface area contributed by atoms with E-state index in [1.54, 1.807) is 33.8 Å². The Bertz CT molecular complexity index is 288. The maximum Gasteiger partial charge on any atom is 0.417 e. The van der Waals surface area contributed by atoms with E-state index in [1.807, 2.05) is 0 Å². The van der Waals surface area contributed by atoms with Gasteiger partial charge >= 0.3 is 6.09 Å². The molecule has 0 aromatic carbocycles. The van der Waals surface area contributed by atoms with E-state index >= 15 is 0 Å². The molecule has 0 radical (unpaired) electrons. The van der Waals surface area contributed by atoms with Crippen LogP contribution in [0.4, 0.5) is 4.79 Å². The Morgan fingerprint density at radius 2 is 2.07 bits per heavy atom. The van der Waals surface area contributed by atoms with Crippen LogP contribution < -0.4 is 0 Å².